The van der Waals surface area contributed by atoms with E-state index in [-0.39, 0.29) is 36.5 Å². The Morgan fingerprint density at radius 2 is 2.18 bits per heavy atom. The minimum Gasteiger partial charge on any atom is -0.535 e. The summed E-state index contributed by atoms with van der Waals surface area (Å²) in [6, 6.07) is 2.29. The number of halogens is 1. The summed E-state index contributed by atoms with van der Waals surface area (Å²) in [5.41, 5.74) is 0.415. The van der Waals surface area contributed by atoms with Gasteiger partial charge in [0, 0.05) is 18.7 Å². The van der Waals surface area contributed by atoms with Crippen molar-refractivity contribution in [3.05, 3.63) is 29.1 Å². The molecule has 1 heterocycles. The summed E-state index contributed by atoms with van der Waals surface area (Å²) in [5.74, 6) is -1.60. The molecule has 0 saturated carbocycles. The maximum Gasteiger partial charge on any atom is 0.526 e. The Hall–Kier alpha value is -1.89. The first-order valence-corrected chi connectivity index (χ1v) is 7.32. The number of hydrogen-bond donors (Lipinski definition) is 1. The van der Waals surface area contributed by atoms with Crippen LogP contribution in [0.15, 0.2) is 12.1 Å². The van der Waals surface area contributed by atoms with Crippen LogP contribution in [0.3, 0.4) is 0 Å². The van der Waals surface area contributed by atoms with E-state index in [1.165, 1.54) is 6.07 Å². The summed E-state index contributed by atoms with van der Waals surface area (Å²) in [6.07, 6.45) is 0.794. The van der Waals surface area contributed by atoms with Gasteiger partial charge in [-0.2, -0.15) is 0 Å². The molecule has 1 N–H and O–H groups in total. The van der Waals surface area contributed by atoms with Gasteiger partial charge in [0.15, 0.2) is 0 Å². The van der Waals surface area contributed by atoms with Crippen molar-refractivity contribution in [3.63, 3.8) is 0 Å². The van der Waals surface area contributed by atoms with Gasteiger partial charge >= 0.3 is 13.1 Å². The molecule has 0 saturated heterocycles. The fourth-order valence-corrected chi connectivity index (χ4v) is 2.51. The molecule has 7 heteroatoms. The number of benzene rings is 1. The lowest BCUT2D eigenvalue weighted by molar-refractivity contribution is -0.118. The molecule has 0 spiro atoms. The third kappa shape index (κ3) is 3.47. The van der Waals surface area contributed by atoms with Crippen molar-refractivity contribution in [1.29, 1.82) is 0 Å². The van der Waals surface area contributed by atoms with E-state index in [0.717, 1.165) is 6.07 Å². The number of Topliss-reactive ketones (excluding diaryl/α,β-unsaturated/α-hetero) is 1. The largest absolute Gasteiger partial charge is 0.535 e. The van der Waals surface area contributed by atoms with E-state index in [2.05, 4.69) is 0 Å². The summed E-state index contributed by atoms with van der Waals surface area (Å²) in [5, 5.41) is 10.0. The summed E-state index contributed by atoms with van der Waals surface area (Å²) >= 11 is 0. The minimum atomic E-state index is -1.21. The highest BCUT2D eigenvalue weighted by atomic mass is 19.1. The molecular formula is C15H18BFO5. The lowest BCUT2D eigenvalue weighted by atomic mass is 9.64. The SMILES string of the molecule is CCOC(=O)c1cc(F)cc2c1OB(O)[C@@H](CC(=O)CC)C2. The first-order valence-electron chi connectivity index (χ1n) is 7.32. The second-order valence-corrected chi connectivity index (χ2v) is 5.23. The smallest absolute Gasteiger partial charge is 0.526 e. The van der Waals surface area contributed by atoms with E-state index in [0.29, 0.717) is 12.0 Å². The van der Waals surface area contributed by atoms with Gasteiger partial charge in [-0.25, -0.2) is 9.18 Å². The van der Waals surface area contributed by atoms with Crippen molar-refractivity contribution in [2.75, 3.05) is 6.61 Å². The third-order valence-electron chi connectivity index (χ3n) is 3.63. The molecule has 1 aliphatic rings. The Morgan fingerprint density at radius 3 is 2.82 bits per heavy atom. The second kappa shape index (κ2) is 6.92. The van der Waals surface area contributed by atoms with Crippen LogP contribution in [0.1, 0.15) is 42.6 Å². The van der Waals surface area contributed by atoms with Gasteiger partial charge in [0.05, 0.1) is 6.61 Å². The lowest BCUT2D eigenvalue weighted by Gasteiger charge is -2.28. The number of ether oxygens (including phenoxy) is 1. The van der Waals surface area contributed by atoms with Crippen LogP contribution in [0.5, 0.6) is 5.75 Å². The van der Waals surface area contributed by atoms with E-state index in [9.17, 15) is 19.0 Å². The number of rotatable bonds is 5. The van der Waals surface area contributed by atoms with Crippen LogP contribution in [-0.2, 0) is 16.0 Å². The van der Waals surface area contributed by atoms with Crippen molar-refractivity contribution in [2.24, 2.45) is 0 Å². The molecule has 22 heavy (non-hydrogen) atoms. The van der Waals surface area contributed by atoms with Crippen LogP contribution in [0.2, 0.25) is 5.82 Å². The molecule has 0 fully saturated rings. The molecule has 1 aromatic rings. The lowest BCUT2D eigenvalue weighted by Crippen LogP contribution is -2.36. The summed E-state index contributed by atoms with van der Waals surface area (Å²) in [6.45, 7) is 3.54. The number of esters is 1. The average Bonchev–Trinajstić information content (AvgIpc) is 2.47. The van der Waals surface area contributed by atoms with Gasteiger partial charge < -0.3 is 14.4 Å². The van der Waals surface area contributed by atoms with Gasteiger partial charge in [-0.05, 0) is 31.0 Å². The number of hydrogen-bond acceptors (Lipinski definition) is 5. The maximum absolute atomic E-state index is 13.7. The molecule has 0 bridgehead atoms. The molecule has 0 aliphatic carbocycles. The molecular weight excluding hydrogens is 290 g/mol. The van der Waals surface area contributed by atoms with Crippen LogP contribution < -0.4 is 4.65 Å². The quantitative estimate of drug-likeness (QED) is 0.666. The Balaban J connectivity index is 2.32. The zero-order chi connectivity index (χ0) is 16.3. The fraction of sp³-hybridized carbons (Fsp3) is 0.467. The second-order valence-electron chi connectivity index (χ2n) is 5.23. The van der Waals surface area contributed by atoms with Crippen molar-refractivity contribution in [1.82, 2.24) is 0 Å². The molecule has 1 aromatic carbocycles. The van der Waals surface area contributed by atoms with E-state index in [1.54, 1.807) is 13.8 Å². The van der Waals surface area contributed by atoms with Gasteiger partial charge in [-0.3, -0.25) is 4.79 Å². The zero-order valence-electron chi connectivity index (χ0n) is 12.6. The Morgan fingerprint density at radius 1 is 1.45 bits per heavy atom. The van der Waals surface area contributed by atoms with E-state index in [4.69, 9.17) is 9.39 Å². The van der Waals surface area contributed by atoms with Gasteiger partial charge in [-0.1, -0.05) is 6.92 Å². The summed E-state index contributed by atoms with van der Waals surface area (Å²) in [4.78, 5) is 23.4. The Labute approximate surface area is 128 Å². The van der Waals surface area contributed by atoms with Crippen molar-refractivity contribution < 1.29 is 28.4 Å². The van der Waals surface area contributed by atoms with E-state index in [1.807, 2.05) is 0 Å². The van der Waals surface area contributed by atoms with Crippen LogP contribution in [-0.4, -0.2) is 30.5 Å². The van der Waals surface area contributed by atoms with E-state index >= 15 is 0 Å². The average molecular weight is 308 g/mol. The molecule has 118 valence electrons. The van der Waals surface area contributed by atoms with Crippen LogP contribution in [0.25, 0.3) is 0 Å². The van der Waals surface area contributed by atoms with Crippen LogP contribution >= 0.6 is 0 Å². The van der Waals surface area contributed by atoms with Gasteiger partial charge in [0.25, 0.3) is 0 Å². The molecule has 0 radical (unpaired) electrons. The molecule has 0 unspecified atom stereocenters. The number of fused-ring (bicyclic) bond motifs is 1. The molecule has 0 amide bonds. The number of carbonyl (C=O) groups is 2. The van der Waals surface area contributed by atoms with Gasteiger partial charge in [-0.15, -0.1) is 0 Å². The standard InChI is InChI=1S/C15H18BFO5/c1-3-12(18)7-10-5-9-6-11(17)8-13(15(19)21-4-2)14(9)22-16(10)20/h6,8,10,20H,3-5,7H2,1-2H3/t10-/m1/s1. The molecule has 1 aliphatic heterocycles. The van der Waals surface area contributed by atoms with Crippen LogP contribution in [0.4, 0.5) is 4.39 Å². The minimum absolute atomic E-state index is 0.00174. The predicted octanol–water partition coefficient (Wildman–Crippen LogP) is 2.16. The predicted molar refractivity (Wildman–Crippen MR) is 78.3 cm³/mol. The Kier molecular flexibility index (Phi) is 5.18. The highest BCUT2D eigenvalue weighted by Crippen LogP contribution is 2.37. The summed E-state index contributed by atoms with van der Waals surface area (Å²) < 4.78 is 24.0. The fourth-order valence-electron chi connectivity index (χ4n) is 2.51. The molecule has 0 aromatic heterocycles. The monoisotopic (exact) mass is 308 g/mol. The van der Waals surface area contributed by atoms with Crippen LogP contribution in [0, 0.1) is 5.82 Å². The highest BCUT2D eigenvalue weighted by molar-refractivity contribution is 6.47. The summed E-state index contributed by atoms with van der Waals surface area (Å²) in [7, 11) is -1.21. The van der Waals surface area contributed by atoms with Crippen molar-refractivity contribution in [3.8, 4) is 5.75 Å². The molecule has 5 nitrogen and oxygen atoms in total. The number of ketones is 1. The first-order chi connectivity index (χ1) is 10.5. The third-order valence-corrected chi connectivity index (χ3v) is 3.63. The maximum atomic E-state index is 13.7. The molecule has 2 rings (SSSR count). The Bertz CT molecular complexity index is 590. The van der Waals surface area contributed by atoms with Gasteiger partial charge in [0.1, 0.15) is 22.9 Å². The zero-order valence-corrected chi connectivity index (χ0v) is 12.6. The van der Waals surface area contributed by atoms with E-state index < -0.39 is 24.7 Å². The topological polar surface area (TPSA) is 72.8 Å². The van der Waals surface area contributed by atoms with Crippen molar-refractivity contribution in [2.45, 2.75) is 38.9 Å². The first kappa shape index (κ1) is 16.5. The van der Waals surface area contributed by atoms with Gasteiger partial charge in [0.2, 0.25) is 0 Å². The highest BCUT2D eigenvalue weighted by Gasteiger charge is 2.38. The molecule has 1 atom stereocenters. The van der Waals surface area contributed by atoms with Crippen molar-refractivity contribution >= 4 is 18.9 Å². The number of carbonyl (C=O) groups excluding carboxylic acids is 2. The normalized spacial score (nSPS) is 16.7.